The molecule has 0 aliphatic heterocycles. The quantitative estimate of drug-likeness (QED) is 0.401. The summed E-state index contributed by atoms with van der Waals surface area (Å²) in [7, 11) is 0. The molecule has 0 spiro atoms. The first-order valence-corrected chi connectivity index (χ1v) is 5.10. The zero-order valence-corrected chi connectivity index (χ0v) is 8.58. The van der Waals surface area contributed by atoms with Crippen LogP contribution in [0.1, 0.15) is 46.0 Å². The minimum absolute atomic E-state index is 0.184. The Kier molecular flexibility index (Phi) is 3.72. The van der Waals surface area contributed by atoms with E-state index in [2.05, 4.69) is 10.5 Å². The van der Waals surface area contributed by atoms with Crippen molar-refractivity contribution in [3.05, 3.63) is 0 Å². The van der Waals surface area contributed by atoms with Crippen molar-refractivity contribution >= 4 is 6.21 Å². The van der Waals surface area contributed by atoms with Crippen molar-refractivity contribution in [2.24, 2.45) is 5.16 Å². The van der Waals surface area contributed by atoms with E-state index in [4.69, 9.17) is 5.21 Å². The highest BCUT2D eigenvalue weighted by Crippen LogP contribution is 2.19. The van der Waals surface area contributed by atoms with Crippen LogP contribution in [0.3, 0.4) is 0 Å². The molecule has 1 aliphatic carbocycles. The Balaban J connectivity index is 2.36. The second kappa shape index (κ2) is 4.61. The van der Waals surface area contributed by atoms with Crippen LogP contribution >= 0.6 is 0 Å². The second-order valence-electron chi connectivity index (χ2n) is 4.45. The summed E-state index contributed by atoms with van der Waals surface area (Å²) in [5, 5.41) is 15.0. The molecule has 0 aromatic heterocycles. The van der Waals surface area contributed by atoms with E-state index in [1.165, 1.54) is 32.1 Å². The highest BCUT2D eigenvalue weighted by atomic mass is 16.4. The lowest BCUT2D eigenvalue weighted by Crippen LogP contribution is -2.47. The van der Waals surface area contributed by atoms with E-state index in [0.29, 0.717) is 6.04 Å². The number of hydrogen-bond acceptors (Lipinski definition) is 3. The molecule has 1 fully saturated rings. The van der Waals surface area contributed by atoms with Gasteiger partial charge in [-0.3, -0.25) is 0 Å². The molecule has 0 heterocycles. The van der Waals surface area contributed by atoms with Gasteiger partial charge < -0.3 is 10.5 Å². The Labute approximate surface area is 80.2 Å². The lowest BCUT2D eigenvalue weighted by Gasteiger charge is -2.30. The van der Waals surface area contributed by atoms with E-state index >= 15 is 0 Å². The number of nitrogens with zero attached hydrogens (tertiary/aromatic N) is 1. The standard InChI is InChI=1S/C10H20N2O/c1-10(2,8-11-13)12-9-6-4-3-5-7-9/h8-9,12-13H,3-7H2,1-2H3. The first kappa shape index (κ1) is 10.5. The van der Waals surface area contributed by atoms with Gasteiger partial charge in [-0.2, -0.15) is 0 Å². The molecule has 1 rings (SSSR count). The van der Waals surface area contributed by atoms with E-state index in [1.807, 2.05) is 13.8 Å². The van der Waals surface area contributed by atoms with Crippen LogP contribution in [-0.4, -0.2) is 23.0 Å². The van der Waals surface area contributed by atoms with Crippen molar-refractivity contribution in [2.45, 2.75) is 57.5 Å². The molecule has 0 aromatic rings. The molecule has 2 N–H and O–H groups in total. The van der Waals surface area contributed by atoms with Gasteiger partial charge in [0.1, 0.15) is 0 Å². The van der Waals surface area contributed by atoms with Gasteiger partial charge in [-0.05, 0) is 26.7 Å². The average Bonchev–Trinajstić information content (AvgIpc) is 2.04. The van der Waals surface area contributed by atoms with Gasteiger partial charge in [0, 0.05) is 6.04 Å². The number of nitrogens with one attached hydrogen (secondary N) is 1. The van der Waals surface area contributed by atoms with Crippen LogP contribution in [0, 0.1) is 0 Å². The summed E-state index contributed by atoms with van der Waals surface area (Å²) in [6.45, 7) is 4.06. The molecule has 0 radical (unpaired) electrons. The second-order valence-corrected chi connectivity index (χ2v) is 4.45. The van der Waals surface area contributed by atoms with E-state index in [0.717, 1.165) is 0 Å². The molecule has 0 saturated heterocycles. The van der Waals surface area contributed by atoms with E-state index in [-0.39, 0.29) is 5.54 Å². The number of hydrogen-bond donors (Lipinski definition) is 2. The summed E-state index contributed by atoms with van der Waals surface area (Å²) in [5.74, 6) is 0. The Bertz CT molecular complexity index is 172. The molecule has 0 amide bonds. The molecule has 0 bridgehead atoms. The fourth-order valence-corrected chi connectivity index (χ4v) is 1.95. The van der Waals surface area contributed by atoms with Crippen molar-refractivity contribution in [3.63, 3.8) is 0 Å². The summed E-state index contributed by atoms with van der Waals surface area (Å²) in [4.78, 5) is 0. The van der Waals surface area contributed by atoms with Gasteiger partial charge in [-0.15, -0.1) is 5.16 Å². The SMILES string of the molecule is CC(C)(C=NO)NC1CCCCC1. The lowest BCUT2D eigenvalue weighted by atomic mass is 9.93. The molecule has 0 atom stereocenters. The van der Waals surface area contributed by atoms with Crippen molar-refractivity contribution < 1.29 is 5.21 Å². The van der Waals surface area contributed by atoms with E-state index in [1.54, 1.807) is 6.21 Å². The number of rotatable bonds is 3. The molecule has 3 heteroatoms. The largest absolute Gasteiger partial charge is 0.411 e. The zero-order valence-electron chi connectivity index (χ0n) is 8.58. The normalized spacial score (nSPS) is 21.1. The first-order chi connectivity index (χ1) is 6.14. The summed E-state index contributed by atoms with van der Waals surface area (Å²) in [6, 6.07) is 0.599. The Hall–Kier alpha value is -0.570. The predicted octanol–water partition coefficient (Wildman–Crippen LogP) is 2.15. The fourth-order valence-electron chi connectivity index (χ4n) is 1.95. The number of oxime groups is 1. The molecule has 3 nitrogen and oxygen atoms in total. The summed E-state index contributed by atoms with van der Waals surface area (Å²) < 4.78 is 0. The smallest absolute Gasteiger partial charge is 0.0631 e. The van der Waals surface area contributed by atoms with Crippen LogP contribution in [0.4, 0.5) is 0 Å². The Morgan fingerprint density at radius 2 is 1.92 bits per heavy atom. The lowest BCUT2D eigenvalue weighted by molar-refractivity contribution is 0.301. The molecule has 13 heavy (non-hydrogen) atoms. The Morgan fingerprint density at radius 3 is 2.46 bits per heavy atom. The third-order valence-electron chi connectivity index (χ3n) is 2.56. The van der Waals surface area contributed by atoms with Gasteiger partial charge >= 0.3 is 0 Å². The highest BCUT2D eigenvalue weighted by molar-refractivity contribution is 5.68. The van der Waals surface area contributed by atoms with Gasteiger partial charge in [-0.25, -0.2) is 0 Å². The topological polar surface area (TPSA) is 44.6 Å². The molecule has 1 aliphatic rings. The van der Waals surface area contributed by atoms with Crippen LogP contribution in [-0.2, 0) is 0 Å². The van der Waals surface area contributed by atoms with E-state index in [9.17, 15) is 0 Å². The van der Waals surface area contributed by atoms with Gasteiger partial charge in [0.25, 0.3) is 0 Å². The minimum Gasteiger partial charge on any atom is -0.411 e. The summed E-state index contributed by atoms with van der Waals surface area (Å²) in [6.07, 6.45) is 8.08. The monoisotopic (exact) mass is 184 g/mol. The molecular formula is C10H20N2O. The van der Waals surface area contributed by atoms with Crippen molar-refractivity contribution in [3.8, 4) is 0 Å². The molecular weight excluding hydrogens is 164 g/mol. The molecule has 0 unspecified atom stereocenters. The highest BCUT2D eigenvalue weighted by Gasteiger charge is 2.21. The van der Waals surface area contributed by atoms with Gasteiger partial charge in [0.2, 0.25) is 0 Å². The maximum Gasteiger partial charge on any atom is 0.0631 e. The predicted molar refractivity (Wildman–Crippen MR) is 54.4 cm³/mol. The maximum atomic E-state index is 8.46. The third kappa shape index (κ3) is 3.77. The van der Waals surface area contributed by atoms with Gasteiger partial charge in [0.05, 0.1) is 11.8 Å². The minimum atomic E-state index is -0.184. The van der Waals surface area contributed by atoms with E-state index < -0.39 is 0 Å². The summed E-state index contributed by atoms with van der Waals surface area (Å²) >= 11 is 0. The van der Waals surface area contributed by atoms with Gasteiger partial charge in [0.15, 0.2) is 0 Å². The van der Waals surface area contributed by atoms with Crippen LogP contribution in [0.15, 0.2) is 5.16 Å². The summed E-state index contributed by atoms with van der Waals surface area (Å²) in [5.41, 5.74) is -0.184. The average molecular weight is 184 g/mol. The fraction of sp³-hybridized carbons (Fsp3) is 0.900. The molecule has 76 valence electrons. The van der Waals surface area contributed by atoms with Crippen molar-refractivity contribution in [1.82, 2.24) is 5.32 Å². The van der Waals surface area contributed by atoms with Crippen LogP contribution in [0.2, 0.25) is 0 Å². The van der Waals surface area contributed by atoms with Crippen molar-refractivity contribution in [1.29, 1.82) is 0 Å². The van der Waals surface area contributed by atoms with Crippen LogP contribution in [0.25, 0.3) is 0 Å². The molecule has 1 saturated carbocycles. The van der Waals surface area contributed by atoms with Gasteiger partial charge in [-0.1, -0.05) is 19.3 Å². The van der Waals surface area contributed by atoms with Crippen LogP contribution in [0.5, 0.6) is 0 Å². The Morgan fingerprint density at radius 1 is 1.31 bits per heavy atom. The van der Waals surface area contributed by atoms with Crippen molar-refractivity contribution in [2.75, 3.05) is 0 Å². The van der Waals surface area contributed by atoms with Crippen LogP contribution < -0.4 is 5.32 Å². The zero-order chi connectivity index (χ0) is 9.73. The third-order valence-corrected chi connectivity index (χ3v) is 2.56. The first-order valence-electron chi connectivity index (χ1n) is 5.10. The molecule has 0 aromatic carbocycles. The maximum absolute atomic E-state index is 8.46.